The topological polar surface area (TPSA) is 44.5 Å². The molecule has 0 bridgehead atoms. The zero-order valence-corrected chi connectivity index (χ0v) is 8.57. The summed E-state index contributed by atoms with van der Waals surface area (Å²) in [5.41, 5.74) is 5.78. The van der Waals surface area contributed by atoms with Crippen LogP contribution in [-0.2, 0) is 4.74 Å². The van der Waals surface area contributed by atoms with Crippen molar-refractivity contribution in [3.8, 4) is 5.75 Å². The molecule has 0 unspecified atom stereocenters. The Morgan fingerprint density at radius 1 is 1.21 bits per heavy atom. The Kier molecular flexibility index (Phi) is 4.20. The summed E-state index contributed by atoms with van der Waals surface area (Å²) < 4.78 is 10.8. The summed E-state index contributed by atoms with van der Waals surface area (Å²) in [5, 5.41) is 0. The van der Waals surface area contributed by atoms with Gasteiger partial charge in [0, 0.05) is 0 Å². The zero-order chi connectivity index (χ0) is 9.10. The summed E-state index contributed by atoms with van der Waals surface area (Å²) in [5.74, 6) is 0.855. The molecule has 0 saturated carbocycles. The second kappa shape index (κ2) is 5.20. The van der Waals surface area contributed by atoms with E-state index in [1.807, 2.05) is 30.3 Å². The predicted molar refractivity (Wildman–Crippen MR) is 56.9 cm³/mol. The summed E-state index contributed by atoms with van der Waals surface area (Å²) in [6, 6.07) is 9.68. The molecule has 3 nitrogen and oxygen atoms in total. The lowest BCUT2D eigenvalue weighted by molar-refractivity contribution is 0.140. The number of nitrogens with two attached hydrogens (primary N) is 1. The van der Waals surface area contributed by atoms with Gasteiger partial charge in [0.25, 0.3) is 0 Å². The molecule has 4 heteroatoms. The molecule has 0 amide bonds. The van der Waals surface area contributed by atoms with Gasteiger partial charge in [0.05, 0.1) is 19.3 Å². The number of hydrogen-bond acceptors (Lipinski definition) is 3. The van der Waals surface area contributed by atoms with Crippen molar-refractivity contribution in [3.63, 3.8) is 0 Å². The Bertz CT molecular complexity index is 268. The molecule has 2 rings (SSSR count). The van der Waals surface area contributed by atoms with Crippen LogP contribution < -0.4 is 10.5 Å². The lowest BCUT2D eigenvalue weighted by atomic mass is 10.2. The summed E-state index contributed by atoms with van der Waals surface area (Å²) >= 11 is 0. The van der Waals surface area contributed by atoms with Crippen LogP contribution in [0.2, 0.25) is 0 Å². The van der Waals surface area contributed by atoms with Gasteiger partial charge >= 0.3 is 0 Å². The van der Waals surface area contributed by atoms with Crippen LogP contribution in [0.25, 0.3) is 0 Å². The molecule has 0 aromatic heterocycles. The fraction of sp³-hybridized carbons (Fsp3) is 0.400. The summed E-state index contributed by atoms with van der Waals surface area (Å²) in [4.78, 5) is 0. The van der Waals surface area contributed by atoms with Gasteiger partial charge in [-0.2, -0.15) is 0 Å². The smallest absolute Gasteiger partial charge is 0.139 e. The second-order valence-electron chi connectivity index (χ2n) is 3.17. The lowest BCUT2D eigenvalue weighted by Gasteiger charge is -2.15. The highest BCUT2D eigenvalue weighted by atomic mass is 35.5. The molecule has 1 aromatic rings. The number of benzene rings is 1. The van der Waals surface area contributed by atoms with E-state index in [2.05, 4.69) is 0 Å². The van der Waals surface area contributed by atoms with Gasteiger partial charge in [0.15, 0.2) is 0 Å². The predicted octanol–water partition coefficient (Wildman–Crippen LogP) is 1.21. The molecule has 1 aliphatic rings. The Balaban J connectivity index is 0.000000980. The molecule has 78 valence electrons. The maximum Gasteiger partial charge on any atom is 0.139 e. The highest BCUT2D eigenvalue weighted by Crippen LogP contribution is 2.15. The Labute approximate surface area is 89.6 Å². The van der Waals surface area contributed by atoms with E-state index in [0.717, 1.165) is 5.75 Å². The van der Waals surface area contributed by atoms with Crippen LogP contribution in [-0.4, -0.2) is 25.4 Å². The van der Waals surface area contributed by atoms with Gasteiger partial charge in [0.2, 0.25) is 0 Å². The third-order valence-electron chi connectivity index (χ3n) is 2.10. The van der Waals surface area contributed by atoms with E-state index in [-0.39, 0.29) is 24.6 Å². The summed E-state index contributed by atoms with van der Waals surface area (Å²) in [6.07, 6.45) is 0.00222. The van der Waals surface area contributed by atoms with Crippen molar-refractivity contribution in [2.24, 2.45) is 5.73 Å². The van der Waals surface area contributed by atoms with E-state index < -0.39 is 0 Å². The molecular weight excluding hydrogens is 202 g/mol. The minimum atomic E-state index is 0. The highest BCUT2D eigenvalue weighted by Gasteiger charge is 2.26. The van der Waals surface area contributed by atoms with E-state index in [4.69, 9.17) is 15.2 Å². The lowest BCUT2D eigenvalue weighted by Crippen LogP contribution is -2.37. The van der Waals surface area contributed by atoms with Gasteiger partial charge in [-0.1, -0.05) is 18.2 Å². The minimum absolute atomic E-state index is 0. The van der Waals surface area contributed by atoms with Crippen molar-refractivity contribution in [2.75, 3.05) is 13.2 Å². The molecule has 14 heavy (non-hydrogen) atoms. The van der Waals surface area contributed by atoms with Crippen LogP contribution in [0.4, 0.5) is 0 Å². The van der Waals surface area contributed by atoms with E-state index in [9.17, 15) is 0 Å². The van der Waals surface area contributed by atoms with Crippen LogP contribution in [0.15, 0.2) is 30.3 Å². The first-order valence-corrected chi connectivity index (χ1v) is 4.41. The van der Waals surface area contributed by atoms with Gasteiger partial charge in [-0.25, -0.2) is 0 Å². The molecule has 0 radical (unpaired) electrons. The van der Waals surface area contributed by atoms with Crippen LogP contribution in [0, 0.1) is 0 Å². The number of halogens is 1. The normalized spacial score (nSPS) is 25.5. The van der Waals surface area contributed by atoms with Crippen molar-refractivity contribution in [3.05, 3.63) is 30.3 Å². The van der Waals surface area contributed by atoms with Gasteiger partial charge < -0.3 is 15.2 Å². The Morgan fingerprint density at radius 3 is 2.50 bits per heavy atom. The third-order valence-corrected chi connectivity index (χ3v) is 2.10. The first-order chi connectivity index (χ1) is 6.36. The van der Waals surface area contributed by atoms with Crippen LogP contribution in [0.1, 0.15) is 0 Å². The van der Waals surface area contributed by atoms with Gasteiger partial charge in [-0.15, -0.1) is 12.4 Å². The first kappa shape index (κ1) is 11.3. The van der Waals surface area contributed by atoms with E-state index in [0.29, 0.717) is 13.2 Å². The number of rotatable bonds is 2. The van der Waals surface area contributed by atoms with E-state index in [1.165, 1.54) is 0 Å². The standard InChI is InChI=1S/C10H13NO2.ClH/c11-9-6-12-7-10(9)13-8-4-2-1-3-5-8;/h1-5,9-10H,6-7,11H2;1H/t9-,10+;/m0./s1. The van der Waals surface area contributed by atoms with Crippen molar-refractivity contribution in [1.29, 1.82) is 0 Å². The maximum atomic E-state index is 5.78. The van der Waals surface area contributed by atoms with Crippen molar-refractivity contribution >= 4 is 12.4 Å². The molecule has 1 saturated heterocycles. The monoisotopic (exact) mass is 215 g/mol. The molecule has 1 aromatic carbocycles. The Hall–Kier alpha value is -0.770. The molecule has 2 N–H and O–H groups in total. The highest BCUT2D eigenvalue weighted by molar-refractivity contribution is 5.85. The summed E-state index contributed by atoms with van der Waals surface area (Å²) in [6.45, 7) is 1.19. The quantitative estimate of drug-likeness (QED) is 0.807. The fourth-order valence-corrected chi connectivity index (χ4v) is 1.35. The van der Waals surface area contributed by atoms with E-state index in [1.54, 1.807) is 0 Å². The van der Waals surface area contributed by atoms with E-state index >= 15 is 0 Å². The van der Waals surface area contributed by atoms with Gasteiger partial charge in [-0.05, 0) is 12.1 Å². The average Bonchev–Trinajstić information content (AvgIpc) is 2.54. The van der Waals surface area contributed by atoms with Crippen molar-refractivity contribution < 1.29 is 9.47 Å². The number of para-hydroxylation sites is 1. The van der Waals surface area contributed by atoms with Crippen molar-refractivity contribution in [1.82, 2.24) is 0 Å². The molecular formula is C10H14ClNO2. The number of hydrogen-bond donors (Lipinski definition) is 1. The van der Waals surface area contributed by atoms with Gasteiger partial charge in [-0.3, -0.25) is 0 Å². The Morgan fingerprint density at radius 2 is 1.93 bits per heavy atom. The van der Waals surface area contributed by atoms with Crippen LogP contribution in [0.3, 0.4) is 0 Å². The second-order valence-corrected chi connectivity index (χ2v) is 3.17. The molecule has 2 atom stereocenters. The largest absolute Gasteiger partial charge is 0.486 e. The maximum absolute atomic E-state index is 5.78. The van der Waals surface area contributed by atoms with Crippen molar-refractivity contribution in [2.45, 2.75) is 12.1 Å². The van der Waals surface area contributed by atoms with Crippen LogP contribution >= 0.6 is 12.4 Å². The van der Waals surface area contributed by atoms with Gasteiger partial charge in [0.1, 0.15) is 11.9 Å². The molecule has 0 aliphatic carbocycles. The first-order valence-electron chi connectivity index (χ1n) is 4.41. The SMILES string of the molecule is Cl.N[C@H]1COC[C@H]1Oc1ccccc1. The number of ether oxygens (including phenoxy) is 2. The average molecular weight is 216 g/mol. The summed E-state index contributed by atoms with van der Waals surface area (Å²) in [7, 11) is 0. The molecule has 1 aliphatic heterocycles. The minimum Gasteiger partial charge on any atom is -0.486 e. The molecule has 1 fully saturated rings. The molecule has 0 spiro atoms. The third kappa shape index (κ3) is 2.61. The van der Waals surface area contributed by atoms with Crippen LogP contribution in [0.5, 0.6) is 5.75 Å². The fourth-order valence-electron chi connectivity index (χ4n) is 1.35. The molecule has 1 heterocycles. The zero-order valence-electron chi connectivity index (χ0n) is 7.76.